The smallest absolute Gasteiger partial charge is 0.0812 e. The molecule has 17 heavy (non-hydrogen) atoms. The molecule has 4 heteroatoms. The number of rotatable bonds is 4. The molecule has 0 spiro atoms. The Hall–Kier alpha value is -0.870. The molecule has 1 N–H and O–H groups in total. The van der Waals surface area contributed by atoms with E-state index in [2.05, 4.69) is 35.5 Å². The number of nitrogens with zero attached hydrogens (tertiary/aromatic N) is 3. The van der Waals surface area contributed by atoms with Crippen molar-refractivity contribution in [3.8, 4) is 0 Å². The molecule has 1 atom stereocenters. The summed E-state index contributed by atoms with van der Waals surface area (Å²) in [6.07, 6.45) is 7.18. The maximum atomic E-state index is 4.58. The van der Waals surface area contributed by atoms with Crippen molar-refractivity contribution in [1.82, 2.24) is 20.0 Å². The van der Waals surface area contributed by atoms with Crippen molar-refractivity contribution in [3.63, 3.8) is 0 Å². The van der Waals surface area contributed by atoms with Gasteiger partial charge in [-0.05, 0) is 40.1 Å². The van der Waals surface area contributed by atoms with Gasteiger partial charge in [-0.1, -0.05) is 12.8 Å². The van der Waals surface area contributed by atoms with Gasteiger partial charge in [-0.25, -0.2) is 0 Å². The predicted octanol–water partition coefficient (Wildman–Crippen LogP) is 1.55. The minimum atomic E-state index is 0.225. The summed E-state index contributed by atoms with van der Waals surface area (Å²) in [6, 6.07) is 2.45. The van der Waals surface area contributed by atoms with Gasteiger partial charge in [0.1, 0.15) is 0 Å². The summed E-state index contributed by atoms with van der Waals surface area (Å²) in [6.45, 7) is 0. The lowest BCUT2D eigenvalue weighted by Crippen LogP contribution is -2.51. The third-order valence-electron chi connectivity index (χ3n) is 4.22. The van der Waals surface area contributed by atoms with Crippen molar-refractivity contribution in [2.75, 3.05) is 21.1 Å². The fraction of sp³-hybridized carbons (Fsp3) is 0.769. The van der Waals surface area contributed by atoms with Gasteiger partial charge in [0.05, 0.1) is 11.7 Å². The lowest BCUT2D eigenvalue weighted by atomic mass is 9.85. The first-order valence-electron chi connectivity index (χ1n) is 6.44. The average molecular weight is 236 g/mol. The minimum absolute atomic E-state index is 0.225. The van der Waals surface area contributed by atoms with Crippen molar-refractivity contribution in [2.24, 2.45) is 7.05 Å². The lowest BCUT2D eigenvalue weighted by molar-refractivity contribution is 0.106. The van der Waals surface area contributed by atoms with Gasteiger partial charge in [0.2, 0.25) is 0 Å². The summed E-state index contributed by atoms with van der Waals surface area (Å²) in [4.78, 5) is 2.38. The van der Waals surface area contributed by atoms with Gasteiger partial charge in [-0.15, -0.1) is 0 Å². The molecule has 0 aliphatic heterocycles. The molecule has 0 bridgehead atoms. The van der Waals surface area contributed by atoms with Gasteiger partial charge in [-0.2, -0.15) is 5.10 Å². The molecule has 1 aliphatic carbocycles. The first-order valence-corrected chi connectivity index (χ1v) is 6.44. The first kappa shape index (κ1) is 12.6. The fourth-order valence-corrected chi connectivity index (χ4v) is 3.26. The van der Waals surface area contributed by atoms with Crippen LogP contribution in [0.25, 0.3) is 0 Å². The van der Waals surface area contributed by atoms with Crippen LogP contribution in [0.5, 0.6) is 0 Å². The van der Waals surface area contributed by atoms with Gasteiger partial charge in [0, 0.05) is 18.8 Å². The van der Waals surface area contributed by atoms with Crippen LogP contribution >= 0.6 is 0 Å². The van der Waals surface area contributed by atoms with Crippen molar-refractivity contribution < 1.29 is 0 Å². The van der Waals surface area contributed by atoms with Crippen LogP contribution in [0.4, 0.5) is 0 Å². The summed E-state index contributed by atoms with van der Waals surface area (Å²) >= 11 is 0. The summed E-state index contributed by atoms with van der Waals surface area (Å²) in [5.41, 5.74) is 1.38. The van der Waals surface area contributed by atoms with E-state index in [0.29, 0.717) is 6.04 Å². The van der Waals surface area contributed by atoms with Crippen LogP contribution in [-0.2, 0) is 7.05 Å². The zero-order chi connectivity index (χ0) is 12.5. The van der Waals surface area contributed by atoms with Gasteiger partial charge >= 0.3 is 0 Å². The van der Waals surface area contributed by atoms with Crippen LogP contribution in [0, 0.1) is 0 Å². The Bertz CT molecular complexity index is 363. The van der Waals surface area contributed by atoms with Crippen LogP contribution in [0.2, 0.25) is 0 Å². The minimum Gasteiger partial charge on any atom is -0.310 e. The zero-order valence-electron chi connectivity index (χ0n) is 11.4. The van der Waals surface area contributed by atoms with Crippen molar-refractivity contribution >= 4 is 0 Å². The quantitative estimate of drug-likeness (QED) is 0.861. The second-order valence-electron chi connectivity index (χ2n) is 5.34. The van der Waals surface area contributed by atoms with Crippen LogP contribution in [-0.4, -0.2) is 41.4 Å². The lowest BCUT2D eigenvalue weighted by Gasteiger charge is -2.42. The summed E-state index contributed by atoms with van der Waals surface area (Å²) in [5.74, 6) is 0. The number of likely N-dealkylation sites (N-methyl/N-ethyl adjacent to an activating group) is 2. The monoisotopic (exact) mass is 236 g/mol. The fourth-order valence-electron chi connectivity index (χ4n) is 3.26. The maximum absolute atomic E-state index is 4.58. The largest absolute Gasteiger partial charge is 0.310 e. The summed E-state index contributed by atoms with van der Waals surface area (Å²) in [7, 11) is 8.41. The number of aryl methyl sites for hydroxylation is 1. The SMILES string of the molecule is CNC(c1ccn(C)n1)C1(N(C)C)CCCC1. The predicted molar refractivity (Wildman–Crippen MR) is 69.9 cm³/mol. The second kappa shape index (κ2) is 4.78. The molecule has 1 heterocycles. The Morgan fingerprint density at radius 3 is 2.47 bits per heavy atom. The Labute approximate surface area is 104 Å². The number of hydrogen-bond donors (Lipinski definition) is 1. The van der Waals surface area contributed by atoms with E-state index in [1.165, 1.54) is 25.7 Å². The zero-order valence-corrected chi connectivity index (χ0v) is 11.4. The molecule has 1 saturated carbocycles. The van der Waals surface area contributed by atoms with Gasteiger partial charge in [-0.3, -0.25) is 4.68 Å². The van der Waals surface area contributed by atoms with Crippen LogP contribution < -0.4 is 5.32 Å². The van der Waals surface area contributed by atoms with Gasteiger partial charge in [0.15, 0.2) is 0 Å². The van der Waals surface area contributed by atoms with E-state index in [-0.39, 0.29) is 5.54 Å². The van der Waals surface area contributed by atoms with Crippen LogP contribution in [0.15, 0.2) is 12.3 Å². The molecule has 96 valence electrons. The third kappa shape index (κ3) is 2.11. The number of hydrogen-bond acceptors (Lipinski definition) is 3. The first-order chi connectivity index (χ1) is 8.10. The molecule has 1 fully saturated rings. The van der Waals surface area contributed by atoms with Crippen LogP contribution in [0.3, 0.4) is 0 Å². The molecule has 0 radical (unpaired) electrons. The van der Waals surface area contributed by atoms with E-state index in [1.54, 1.807) is 0 Å². The second-order valence-corrected chi connectivity index (χ2v) is 5.34. The van der Waals surface area contributed by atoms with Gasteiger partial charge in [0.25, 0.3) is 0 Å². The summed E-state index contributed by atoms with van der Waals surface area (Å²) in [5, 5.41) is 8.06. The molecule has 1 aromatic rings. The highest BCUT2D eigenvalue weighted by atomic mass is 15.3. The summed E-state index contributed by atoms with van der Waals surface area (Å²) < 4.78 is 1.89. The van der Waals surface area contributed by atoms with E-state index in [0.717, 1.165) is 5.69 Å². The highest BCUT2D eigenvalue weighted by Crippen LogP contribution is 2.42. The molecule has 0 saturated heterocycles. The Morgan fingerprint density at radius 1 is 1.41 bits per heavy atom. The van der Waals surface area contributed by atoms with E-state index in [4.69, 9.17) is 0 Å². The van der Waals surface area contributed by atoms with Crippen molar-refractivity contribution in [3.05, 3.63) is 18.0 Å². The molecular formula is C13H24N4. The topological polar surface area (TPSA) is 33.1 Å². The van der Waals surface area contributed by atoms with E-state index >= 15 is 0 Å². The molecule has 0 amide bonds. The molecule has 2 rings (SSSR count). The van der Waals surface area contributed by atoms with Gasteiger partial charge < -0.3 is 10.2 Å². The molecule has 1 unspecified atom stereocenters. The molecular weight excluding hydrogens is 212 g/mol. The van der Waals surface area contributed by atoms with Crippen molar-refractivity contribution in [1.29, 1.82) is 0 Å². The highest BCUT2D eigenvalue weighted by molar-refractivity contribution is 5.15. The number of nitrogens with one attached hydrogen (secondary N) is 1. The normalized spacial score (nSPS) is 21.0. The molecule has 0 aromatic carbocycles. The molecule has 4 nitrogen and oxygen atoms in total. The Balaban J connectivity index is 2.33. The van der Waals surface area contributed by atoms with E-state index in [1.807, 2.05) is 25.0 Å². The van der Waals surface area contributed by atoms with Crippen molar-refractivity contribution in [2.45, 2.75) is 37.3 Å². The highest BCUT2D eigenvalue weighted by Gasteiger charge is 2.44. The molecule has 1 aliphatic rings. The standard InChI is InChI=1S/C13H24N4/c1-14-12(11-7-10-17(4)15-11)13(16(2)3)8-5-6-9-13/h7,10,12,14H,5-6,8-9H2,1-4H3. The maximum Gasteiger partial charge on any atom is 0.0812 e. The Morgan fingerprint density at radius 2 is 2.06 bits per heavy atom. The Kier molecular flexibility index (Phi) is 3.54. The average Bonchev–Trinajstić information content (AvgIpc) is 2.90. The van der Waals surface area contributed by atoms with E-state index < -0.39 is 0 Å². The van der Waals surface area contributed by atoms with E-state index in [9.17, 15) is 0 Å². The number of aromatic nitrogens is 2. The third-order valence-corrected chi connectivity index (χ3v) is 4.22. The molecule has 1 aromatic heterocycles. The van der Waals surface area contributed by atoms with Crippen LogP contribution in [0.1, 0.15) is 37.4 Å².